The number of amides is 1. The fourth-order valence-electron chi connectivity index (χ4n) is 1.97. The van der Waals surface area contributed by atoms with Crippen molar-refractivity contribution >= 4 is 17.5 Å². The highest BCUT2D eigenvalue weighted by Crippen LogP contribution is 2.22. The third-order valence-corrected chi connectivity index (χ3v) is 3.59. The molecule has 0 heterocycles. The Morgan fingerprint density at radius 3 is 2.39 bits per heavy atom. The summed E-state index contributed by atoms with van der Waals surface area (Å²) < 4.78 is 31.4. The molecule has 3 nitrogen and oxygen atoms in total. The number of hydrogen-bond acceptors (Lipinski definition) is 2. The molecule has 0 aliphatic carbocycles. The number of rotatable bonds is 5. The Kier molecular flexibility index (Phi) is 5.55. The first kappa shape index (κ1) is 17.2. The van der Waals surface area contributed by atoms with Crippen LogP contribution in [0.15, 0.2) is 42.5 Å². The summed E-state index contributed by atoms with van der Waals surface area (Å²) in [4.78, 5) is 12.1. The summed E-state index contributed by atoms with van der Waals surface area (Å²) >= 11 is 5.67. The van der Waals surface area contributed by atoms with Crippen LogP contribution in [0, 0.1) is 11.6 Å². The van der Waals surface area contributed by atoms with Crippen LogP contribution in [0.1, 0.15) is 25.5 Å². The molecule has 2 atom stereocenters. The van der Waals surface area contributed by atoms with Gasteiger partial charge in [-0.15, -0.1) is 0 Å². The molecule has 0 radical (unpaired) electrons. The molecule has 2 aromatic rings. The second-order valence-corrected chi connectivity index (χ2v) is 5.53. The molecule has 0 fully saturated rings. The van der Waals surface area contributed by atoms with Crippen LogP contribution in [0.4, 0.5) is 8.78 Å². The molecule has 2 aromatic carbocycles. The van der Waals surface area contributed by atoms with E-state index < -0.39 is 11.9 Å². The van der Waals surface area contributed by atoms with Gasteiger partial charge >= 0.3 is 0 Å². The Balaban J connectivity index is 1.96. The van der Waals surface area contributed by atoms with Gasteiger partial charge in [0.05, 0.1) is 11.1 Å². The average Bonchev–Trinajstić information content (AvgIpc) is 2.51. The molecule has 0 unspecified atom stereocenters. The summed E-state index contributed by atoms with van der Waals surface area (Å²) in [6.45, 7) is 3.36. The lowest BCUT2D eigenvalue weighted by Crippen LogP contribution is -2.37. The number of benzene rings is 2. The van der Waals surface area contributed by atoms with Crippen LogP contribution >= 0.6 is 11.6 Å². The quantitative estimate of drug-likeness (QED) is 0.883. The average molecular weight is 340 g/mol. The first-order valence-electron chi connectivity index (χ1n) is 7.04. The predicted molar refractivity (Wildman–Crippen MR) is 84.5 cm³/mol. The Morgan fingerprint density at radius 2 is 1.78 bits per heavy atom. The summed E-state index contributed by atoms with van der Waals surface area (Å²) in [6, 6.07) is 9.45. The van der Waals surface area contributed by atoms with E-state index in [9.17, 15) is 13.6 Å². The molecule has 0 aromatic heterocycles. The molecule has 6 heteroatoms. The summed E-state index contributed by atoms with van der Waals surface area (Å²) in [5.41, 5.74) is 0.775. The van der Waals surface area contributed by atoms with Crippen molar-refractivity contribution in [2.45, 2.75) is 26.0 Å². The number of nitrogens with one attached hydrogen (secondary N) is 1. The van der Waals surface area contributed by atoms with Gasteiger partial charge in [0.25, 0.3) is 5.91 Å². The van der Waals surface area contributed by atoms with Crippen molar-refractivity contribution in [3.05, 3.63) is 64.7 Å². The highest BCUT2D eigenvalue weighted by Gasteiger charge is 2.18. The molecule has 0 aliphatic rings. The maximum atomic E-state index is 13.1. The highest BCUT2D eigenvalue weighted by atomic mass is 35.5. The van der Waals surface area contributed by atoms with Crippen LogP contribution in [0.5, 0.6) is 5.75 Å². The van der Waals surface area contributed by atoms with E-state index in [4.69, 9.17) is 16.3 Å². The van der Waals surface area contributed by atoms with Gasteiger partial charge in [-0.3, -0.25) is 4.79 Å². The molecule has 1 amide bonds. The largest absolute Gasteiger partial charge is 0.481 e. The lowest BCUT2D eigenvalue weighted by molar-refractivity contribution is -0.127. The van der Waals surface area contributed by atoms with Gasteiger partial charge in [-0.05, 0) is 43.7 Å². The SMILES string of the molecule is C[C@H](Oc1ccc(F)c(Cl)c1)C(=O)N[C@H](C)c1ccc(F)cc1. The lowest BCUT2D eigenvalue weighted by Gasteiger charge is -2.19. The molecule has 0 saturated heterocycles. The van der Waals surface area contributed by atoms with Crippen LogP contribution in [0.3, 0.4) is 0 Å². The monoisotopic (exact) mass is 339 g/mol. The van der Waals surface area contributed by atoms with Crippen molar-refractivity contribution in [2.75, 3.05) is 0 Å². The van der Waals surface area contributed by atoms with Gasteiger partial charge in [-0.1, -0.05) is 23.7 Å². The molecule has 0 bridgehead atoms. The zero-order valence-electron chi connectivity index (χ0n) is 12.6. The first-order valence-corrected chi connectivity index (χ1v) is 7.42. The summed E-state index contributed by atoms with van der Waals surface area (Å²) in [5.74, 6) is -0.936. The smallest absolute Gasteiger partial charge is 0.261 e. The zero-order chi connectivity index (χ0) is 17.0. The maximum absolute atomic E-state index is 13.1. The van der Waals surface area contributed by atoms with E-state index in [0.29, 0.717) is 5.75 Å². The van der Waals surface area contributed by atoms with Crippen LogP contribution in [-0.4, -0.2) is 12.0 Å². The number of carbonyl (C=O) groups excluding carboxylic acids is 1. The fourth-order valence-corrected chi connectivity index (χ4v) is 2.14. The summed E-state index contributed by atoms with van der Waals surface area (Å²) in [5, 5.41) is 2.69. The van der Waals surface area contributed by atoms with E-state index in [1.165, 1.54) is 30.3 Å². The number of hydrogen-bond donors (Lipinski definition) is 1. The van der Waals surface area contributed by atoms with Crippen LogP contribution < -0.4 is 10.1 Å². The fraction of sp³-hybridized carbons (Fsp3) is 0.235. The van der Waals surface area contributed by atoms with Gasteiger partial charge in [0, 0.05) is 6.07 Å². The van der Waals surface area contributed by atoms with Gasteiger partial charge in [0.15, 0.2) is 6.10 Å². The normalized spacial score (nSPS) is 13.3. The third kappa shape index (κ3) is 4.66. The van der Waals surface area contributed by atoms with Crippen molar-refractivity contribution in [1.82, 2.24) is 5.32 Å². The van der Waals surface area contributed by atoms with Crippen LogP contribution in [0.2, 0.25) is 5.02 Å². The summed E-state index contributed by atoms with van der Waals surface area (Å²) in [7, 11) is 0. The van der Waals surface area contributed by atoms with Crippen molar-refractivity contribution in [3.63, 3.8) is 0 Å². The van der Waals surface area contributed by atoms with Crippen molar-refractivity contribution < 1.29 is 18.3 Å². The van der Waals surface area contributed by atoms with Gasteiger partial charge in [0.2, 0.25) is 0 Å². The Bertz CT molecular complexity index is 691. The van der Waals surface area contributed by atoms with Gasteiger partial charge in [-0.2, -0.15) is 0 Å². The second kappa shape index (κ2) is 7.42. The number of ether oxygens (including phenoxy) is 1. The number of carbonyl (C=O) groups is 1. The molecular formula is C17H16ClF2NO2. The van der Waals surface area contributed by atoms with Gasteiger partial charge in [0.1, 0.15) is 17.4 Å². The standard InChI is InChI=1S/C17H16ClF2NO2/c1-10(12-3-5-13(19)6-4-12)21-17(22)11(2)23-14-7-8-16(20)15(18)9-14/h3-11H,1-2H3,(H,21,22)/t10-,11+/m1/s1. The van der Waals surface area contributed by atoms with E-state index >= 15 is 0 Å². The van der Waals surface area contributed by atoms with E-state index in [1.807, 2.05) is 0 Å². The predicted octanol–water partition coefficient (Wildman–Crippen LogP) is 4.26. The lowest BCUT2D eigenvalue weighted by atomic mass is 10.1. The van der Waals surface area contributed by atoms with Crippen LogP contribution in [-0.2, 0) is 4.79 Å². The highest BCUT2D eigenvalue weighted by molar-refractivity contribution is 6.30. The van der Waals surface area contributed by atoms with E-state index in [2.05, 4.69) is 5.32 Å². The maximum Gasteiger partial charge on any atom is 0.261 e. The van der Waals surface area contributed by atoms with Gasteiger partial charge < -0.3 is 10.1 Å². The number of halogens is 3. The molecule has 0 aliphatic heterocycles. The third-order valence-electron chi connectivity index (χ3n) is 3.30. The summed E-state index contributed by atoms with van der Waals surface area (Å²) in [6.07, 6.45) is -0.792. The van der Waals surface area contributed by atoms with Crippen molar-refractivity contribution in [3.8, 4) is 5.75 Å². The topological polar surface area (TPSA) is 38.3 Å². The molecule has 0 saturated carbocycles. The van der Waals surface area contributed by atoms with E-state index in [1.54, 1.807) is 26.0 Å². The molecule has 122 valence electrons. The molecular weight excluding hydrogens is 324 g/mol. The van der Waals surface area contributed by atoms with E-state index in [-0.39, 0.29) is 22.8 Å². The zero-order valence-corrected chi connectivity index (χ0v) is 13.4. The van der Waals surface area contributed by atoms with Crippen molar-refractivity contribution in [1.29, 1.82) is 0 Å². The van der Waals surface area contributed by atoms with E-state index in [0.717, 1.165) is 5.56 Å². The Hall–Kier alpha value is -2.14. The minimum absolute atomic E-state index is 0.0743. The van der Waals surface area contributed by atoms with Crippen LogP contribution in [0.25, 0.3) is 0 Å². The first-order chi connectivity index (χ1) is 10.9. The molecule has 2 rings (SSSR count). The molecule has 0 spiro atoms. The van der Waals surface area contributed by atoms with Crippen molar-refractivity contribution in [2.24, 2.45) is 0 Å². The molecule has 23 heavy (non-hydrogen) atoms. The second-order valence-electron chi connectivity index (χ2n) is 5.12. The Morgan fingerprint density at radius 1 is 1.13 bits per heavy atom. The molecule has 1 N–H and O–H groups in total. The van der Waals surface area contributed by atoms with Gasteiger partial charge in [-0.25, -0.2) is 8.78 Å². The minimum atomic E-state index is -0.792. The Labute approximate surface area is 138 Å². The minimum Gasteiger partial charge on any atom is -0.481 e.